The van der Waals surface area contributed by atoms with Crippen LogP contribution in [0.2, 0.25) is 0 Å². The number of carbonyl (C=O) groups excluding carboxylic acids is 1. The molecule has 0 aromatic rings. The van der Waals surface area contributed by atoms with Crippen LogP contribution in [0.15, 0.2) is 97.2 Å². The lowest BCUT2D eigenvalue weighted by molar-refractivity contribution is -0.302. The third-order valence-corrected chi connectivity index (χ3v) is 13.9. The van der Waals surface area contributed by atoms with Crippen LogP contribution in [0.5, 0.6) is 0 Å². The number of aliphatic hydroxyl groups excluding tert-OH is 5. The van der Waals surface area contributed by atoms with Crippen LogP contribution in [-0.4, -0.2) is 87.5 Å². The van der Waals surface area contributed by atoms with E-state index < -0.39 is 49.5 Å². The van der Waals surface area contributed by atoms with E-state index in [4.69, 9.17) is 9.47 Å². The molecule has 1 amide bonds. The fourth-order valence-corrected chi connectivity index (χ4v) is 9.08. The molecule has 1 aliphatic rings. The first-order chi connectivity index (χ1) is 36.3. The van der Waals surface area contributed by atoms with Crippen LogP contribution in [0.4, 0.5) is 0 Å². The zero-order valence-electron chi connectivity index (χ0n) is 47.3. The number of allylic oxidation sites excluding steroid dienone is 15. The molecular weight excluding hydrogens is 923 g/mol. The molecule has 0 spiro atoms. The first kappa shape index (κ1) is 69.1. The van der Waals surface area contributed by atoms with Gasteiger partial charge in [-0.15, -0.1) is 0 Å². The van der Waals surface area contributed by atoms with E-state index in [-0.39, 0.29) is 12.5 Å². The third kappa shape index (κ3) is 42.2. The van der Waals surface area contributed by atoms with E-state index >= 15 is 0 Å². The van der Waals surface area contributed by atoms with Crippen LogP contribution >= 0.6 is 0 Å². The molecule has 1 fully saturated rings. The number of hydrogen-bond donors (Lipinski definition) is 6. The molecule has 0 aromatic heterocycles. The molecule has 0 aliphatic carbocycles. The summed E-state index contributed by atoms with van der Waals surface area (Å²) in [6.07, 6.45) is 70.9. The summed E-state index contributed by atoms with van der Waals surface area (Å²) in [7, 11) is 0. The quantitative estimate of drug-likeness (QED) is 0.0261. The summed E-state index contributed by atoms with van der Waals surface area (Å²) in [6, 6.07) is -0.829. The number of aliphatic hydroxyl groups is 5. The van der Waals surface area contributed by atoms with E-state index in [0.717, 1.165) is 83.5 Å². The highest BCUT2D eigenvalue weighted by molar-refractivity contribution is 5.76. The molecule has 74 heavy (non-hydrogen) atoms. The Bertz CT molecular complexity index is 1480. The Morgan fingerprint density at radius 3 is 1.30 bits per heavy atom. The van der Waals surface area contributed by atoms with E-state index in [1.807, 2.05) is 6.08 Å². The average Bonchev–Trinajstić information content (AvgIpc) is 3.40. The first-order valence-corrected chi connectivity index (χ1v) is 30.5. The Morgan fingerprint density at radius 2 is 0.851 bits per heavy atom. The van der Waals surface area contributed by atoms with Gasteiger partial charge in [-0.1, -0.05) is 259 Å². The maximum atomic E-state index is 13.0. The SMILES string of the molecule is CC/C=C\C/C=C\C/C=C\C/C=C\C/C=C\CCCCCCCCCCCCCCCCCCCCCCCCCC(=O)NC(COC1OC(CO)C(O)C(O)C1O)C(O)/C=C/CC/C=C/CC/C=C/CCCC. The summed E-state index contributed by atoms with van der Waals surface area (Å²) in [4.78, 5) is 13.0. The standard InChI is InChI=1S/C65H113NO8/c1-3-5-7-9-11-13-15-17-18-19-20-21-22-23-24-25-26-27-28-29-30-31-32-33-34-35-36-37-38-39-40-41-42-43-45-47-49-51-53-55-61(69)66-58(57-73-65-64(72)63(71)62(70)60(56-67)74-65)59(68)54-52-50-48-46-44-16-14-12-10-8-6-4-2/h5,7,10-13,17-18,20-21,23-24,44,46,52,54,58-60,62-65,67-68,70-72H,3-4,6,8-9,14-16,19,22,25-43,45,47-51,53,55-57H2,1-2H3,(H,66,69)/b7-5-,12-10+,13-11-,18-17-,21-20-,24-23-,46-44+,54-52+. The van der Waals surface area contributed by atoms with E-state index in [1.165, 1.54) is 148 Å². The van der Waals surface area contributed by atoms with Crippen molar-refractivity contribution in [3.8, 4) is 0 Å². The van der Waals surface area contributed by atoms with Crippen molar-refractivity contribution in [2.24, 2.45) is 0 Å². The molecule has 1 heterocycles. The van der Waals surface area contributed by atoms with E-state index in [9.17, 15) is 30.3 Å². The van der Waals surface area contributed by atoms with Crippen LogP contribution in [0.1, 0.15) is 251 Å². The summed E-state index contributed by atoms with van der Waals surface area (Å²) in [5.41, 5.74) is 0. The van der Waals surface area contributed by atoms with Crippen molar-refractivity contribution in [1.82, 2.24) is 5.32 Å². The van der Waals surface area contributed by atoms with Crippen LogP contribution in [0.25, 0.3) is 0 Å². The van der Waals surface area contributed by atoms with Gasteiger partial charge in [0.1, 0.15) is 24.4 Å². The van der Waals surface area contributed by atoms with Gasteiger partial charge < -0.3 is 40.3 Å². The molecule has 1 aliphatic heterocycles. The molecule has 426 valence electrons. The van der Waals surface area contributed by atoms with E-state index in [2.05, 4.69) is 104 Å². The van der Waals surface area contributed by atoms with Gasteiger partial charge in [0.05, 0.1) is 25.4 Å². The lowest BCUT2D eigenvalue weighted by Gasteiger charge is -2.40. The minimum absolute atomic E-state index is 0.192. The summed E-state index contributed by atoms with van der Waals surface area (Å²) in [6.45, 7) is 3.59. The summed E-state index contributed by atoms with van der Waals surface area (Å²) < 4.78 is 11.2. The van der Waals surface area contributed by atoms with Crippen molar-refractivity contribution in [3.63, 3.8) is 0 Å². The molecule has 7 atom stereocenters. The molecule has 7 unspecified atom stereocenters. The molecule has 6 N–H and O–H groups in total. The number of amides is 1. The number of nitrogens with one attached hydrogen (secondary N) is 1. The second-order valence-electron chi connectivity index (χ2n) is 20.7. The zero-order chi connectivity index (χ0) is 53.6. The molecule has 1 saturated heterocycles. The summed E-state index contributed by atoms with van der Waals surface area (Å²) >= 11 is 0. The van der Waals surface area contributed by atoms with Gasteiger partial charge in [-0.3, -0.25) is 4.79 Å². The minimum Gasteiger partial charge on any atom is -0.394 e. The second kappa shape index (κ2) is 53.5. The monoisotopic (exact) mass is 1040 g/mol. The number of ether oxygens (including phenoxy) is 2. The highest BCUT2D eigenvalue weighted by Crippen LogP contribution is 2.23. The van der Waals surface area contributed by atoms with Gasteiger partial charge in [0.25, 0.3) is 0 Å². The fourth-order valence-electron chi connectivity index (χ4n) is 9.08. The maximum Gasteiger partial charge on any atom is 0.220 e. The highest BCUT2D eigenvalue weighted by Gasteiger charge is 2.44. The third-order valence-electron chi connectivity index (χ3n) is 13.9. The molecular formula is C65H113NO8. The van der Waals surface area contributed by atoms with Crippen LogP contribution < -0.4 is 5.32 Å². The van der Waals surface area contributed by atoms with Crippen LogP contribution in [-0.2, 0) is 14.3 Å². The maximum absolute atomic E-state index is 13.0. The predicted octanol–water partition coefficient (Wildman–Crippen LogP) is 15.6. The molecule has 1 rings (SSSR count). The summed E-state index contributed by atoms with van der Waals surface area (Å²) in [5.74, 6) is -0.192. The molecule has 9 heteroatoms. The Labute approximate surface area is 453 Å². The number of carbonyl (C=O) groups is 1. The lowest BCUT2D eigenvalue weighted by atomic mass is 9.99. The molecule has 9 nitrogen and oxygen atoms in total. The molecule has 0 saturated carbocycles. The van der Waals surface area contributed by atoms with Crippen molar-refractivity contribution < 1.29 is 39.8 Å². The number of rotatable bonds is 51. The lowest BCUT2D eigenvalue weighted by Crippen LogP contribution is -2.60. The smallest absolute Gasteiger partial charge is 0.220 e. The van der Waals surface area contributed by atoms with Crippen molar-refractivity contribution in [2.45, 2.75) is 294 Å². The Balaban J connectivity index is 2.05. The minimum atomic E-state index is -1.58. The van der Waals surface area contributed by atoms with Crippen LogP contribution in [0, 0.1) is 0 Å². The zero-order valence-corrected chi connectivity index (χ0v) is 47.3. The Kier molecular flexibility index (Phi) is 50.0. The van der Waals surface area contributed by atoms with Gasteiger partial charge in [0.2, 0.25) is 5.91 Å². The molecule has 0 aromatic carbocycles. The predicted molar refractivity (Wildman–Crippen MR) is 313 cm³/mol. The van der Waals surface area contributed by atoms with Gasteiger partial charge in [-0.2, -0.15) is 0 Å². The Morgan fingerprint density at radius 1 is 0.473 bits per heavy atom. The Hall–Kier alpha value is -2.89. The molecule has 0 bridgehead atoms. The van der Waals surface area contributed by atoms with Crippen molar-refractivity contribution in [3.05, 3.63) is 97.2 Å². The number of unbranched alkanes of at least 4 members (excludes halogenated alkanes) is 27. The number of hydrogen-bond acceptors (Lipinski definition) is 8. The first-order valence-electron chi connectivity index (χ1n) is 30.5. The van der Waals surface area contributed by atoms with Gasteiger partial charge in [-0.05, 0) is 83.5 Å². The largest absolute Gasteiger partial charge is 0.394 e. The normalized spacial score (nSPS) is 19.7. The summed E-state index contributed by atoms with van der Waals surface area (Å²) in [5, 5.41) is 54.3. The highest BCUT2D eigenvalue weighted by atomic mass is 16.7. The average molecular weight is 1040 g/mol. The van der Waals surface area contributed by atoms with Crippen molar-refractivity contribution >= 4 is 5.91 Å². The van der Waals surface area contributed by atoms with Crippen molar-refractivity contribution in [1.29, 1.82) is 0 Å². The van der Waals surface area contributed by atoms with Gasteiger partial charge in [0, 0.05) is 6.42 Å². The fraction of sp³-hybridized carbons (Fsp3) is 0.738. The second-order valence-corrected chi connectivity index (χ2v) is 20.7. The van der Waals surface area contributed by atoms with Crippen molar-refractivity contribution in [2.75, 3.05) is 13.2 Å². The van der Waals surface area contributed by atoms with Gasteiger partial charge in [-0.25, -0.2) is 0 Å². The van der Waals surface area contributed by atoms with Gasteiger partial charge >= 0.3 is 0 Å². The van der Waals surface area contributed by atoms with E-state index in [0.29, 0.717) is 6.42 Å². The van der Waals surface area contributed by atoms with Crippen LogP contribution in [0.3, 0.4) is 0 Å². The molecule has 0 radical (unpaired) electrons. The van der Waals surface area contributed by atoms with Gasteiger partial charge in [0.15, 0.2) is 6.29 Å². The topological polar surface area (TPSA) is 149 Å². The van der Waals surface area contributed by atoms with E-state index in [1.54, 1.807) is 6.08 Å².